The second-order valence-electron chi connectivity index (χ2n) is 10.1. The zero-order chi connectivity index (χ0) is 28.7. The normalized spacial score (nSPS) is 14.5. The van der Waals surface area contributed by atoms with Crippen molar-refractivity contribution in [1.82, 2.24) is 10.2 Å². The van der Waals surface area contributed by atoms with Crippen LogP contribution < -0.4 is 9.62 Å². The maximum absolute atomic E-state index is 14.8. The molecule has 0 spiro atoms. The number of carbonyl (C=O) groups excluding carboxylic acids is 2. The van der Waals surface area contributed by atoms with Gasteiger partial charge in [0.25, 0.3) is 0 Å². The predicted octanol–water partition coefficient (Wildman–Crippen LogP) is 5.05. The molecule has 1 atom stereocenters. The van der Waals surface area contributed by atoms with Gasteiger partial charge in [-0.05, 0) is 42.7 Å². The highest BCUT2D eigenvalue weighted by atomic mass is 79.9. The number of amides is 2. The van der Waals surface area contributed by atoms with Crippen molar-refractivity contribution in [3.05, 3.63) is 100 Å². The molecular weight excluding hydrogens is 597 g/mol. The second kappa shape index (κ2) is 13.4. The fraction of sp³-hybridized carbons (Fsp3) is 0.333. The van der Waals surface area contributed by atoms with Crippen LogP contribution in [0.25, 0.3) is 0 Å². The van der Waals surface area contributed by atoms with E-state index in [1.165, 1.54) is 11.0 Å². The molecule has 212 valence electrons. The third-order valence-electron chi connectivity index (χ3n) is 7.05. The molecular formula is C30H33BrFN3O4S. The molecule has 3 aromatic rings. The van der Waals surface area contributed by atoms with Gasteiger partial charge >= 0.3 is 0 Å². The Hall–Kier alpha value is -3.24. The van der Waals surface area contributed by atoms with E-state index >= 15 is 0 Å². The molecule has 1 saturated carbocycles. The molecule has 1 fully saturated rings. The Morgan fingerprint density at radius 1 is 1.00 bits per heavy atom. The van der Waals surface area contributed by atoms with Gasteiger partial charge in [0.1, 0.15) is 18.4 Å². The fourth-order valence-corrected chi connectivity index (χ4v) is 6.21. The van der Waals surface area contributed by atoms with Crippen LogP contribution in [0.5, 0.6) is 0 Å². The van der Waals surface area contributed by atoms with E-state index < -0.39 is 34.3 Å². The first-order chi connectivity index (χ1) is 19.1. The lowest BCUT2D eigenvalue weighted by molar-refractivity contribution is -0.140. The summed E-state index contributed by atoms with van der Waals surface area (Å²) in [7, 11) is -3.88. The quantitative estimate of drug-likeness (QED) is 0.321. The number of hydrogen-bond acceptors (Lipinski definition) is 4. The standard InChI is InChI=1S/C30H33BrFN3O4S/c1-40(38,39)35(26-16-9-13-24(31)19-26)21-29(36)34(20-23-12-5-8-17-27(23)32)28(18-22-10-3-2-4-11-22)30(37)33-25-14-6-7-15-25/h2-5,8-13,16-17,19,25,28H,6-7,14-15,18,20-21H2,1H3,(H,33,37)/t28-/m0/s1. The van der Waals surface area contributed by atoms with Crippen LogP contribution in [-0.4, -0.2) is 50.0 Å². The van der Waals surface area contributed by atoms with Crippen LogP contribution in [0.3, 0.4) is 0 Å². The van der Waals surface area contributed by atoms with E-state index in [0.29, 0.717) is 10.2 Å². The summed E-state index contributed by atoms with van der Waals surface area (Å²) in [4.78, 5) is 29.1. The number of nitrogens with one attached hydrogen (secondary N) is 1. The van der Waals surface area contributed by atoms with E-state index in [-0.39, 0.29) is 30.5 Å². The Morgan fingerprint density at radius 3 is 2.33 bits per heavy atom. The van der Waals surface area contributed by atoms with E-state index in [0.717, 1.165) is 41.8 Å². The molecule has 1 aliphatic carbocycles. The van der Waals surface area contributed by atoms with Crippen molar-refractivity contribution in [3.8, 4) is 0 Å². The van der Waals surface area contributed by atoms with Gasteiger partial charge in [-0.2, -0.15) is 0 Å². The number of carbonyl (C=O) groups is 2. The molecule has 1 N–H and O–H groups in total. The van der Waals surface area contributed by atoms with Gasteiger partial charge in [0.15, 0.2) is 0 Å². The average Bonchev–Trinajstić information content (AvgIpc) is 3.43. The highest BCUT2D eigenvalue weighted by Gasteiger charge is 2.34. The first-order valence-corrected chi connectivity index (χ1v) is 15.9. The van der Waals surface area contributed by atoms with Crippen LogP contribution in [0, 0.1) is 5.82 Å². The summed E-state index contributed by atoms with van der Waals surface area (Å²) in [6, 6.07) is 21.0. The monoisotopic (exact) mass is 629 g/mol. The highest BCUT2D eigenvalue weighted by molar-refractivity contribution is 9.10. The Balaban J connectivity index is 1.73. The molecule has 10 heteroatoms. The van der Waals surface area contributed by atoms with Crippen molar-refractivity contribution in [3.63, 3.8) is 0 Å². The van der Waals surface area contributed by atoms with Crippen molar-refractivity contribution in [1.29, 1.82) is 0 Å². The van der Waals surface area contributed by atoms with E-state index in [4.69, 9.17) is 0 Å². The summed E-state index contributed by atoms with van der Waals surface area (Å²) in [6.07, 6.45) is 4.96. The lowest BCUT2D eigenvalue weighted by Gasteiger charge is -2.34. The van der Waals surface area contributed by atoms with Crippen LogP contribution in [0.2, 0.25) is 0 Å². The molecule has 40 heavy (non-hydrogen) atoms. The van der Waals surface area contributed by atoms with Gasteiger partial charge in [-0.1, -0.05) is 83.4 Å². The maximum Gasteiger partial charge on any atom is 0.244 e. The topological polar surface area (TPSA) is 86.8 Å². The van der Waals surface area contributed by atoms with Crippen LogP contribution in [0.1, 0.15) is 36.8 Å². The van der Waals surface area contributed by atoms with Crippen LogP contribution in [-0.2, 0) is 32.6 Å². The summed E-state index contributed by atoms with van der Waals surface area (Å²) in [5.74, 6) is -1.47. The zero-order valence-electron chi connectivity index (χ0n) is 22.3. The number of benzene rings is 3. The minimum absolute atomic E-state index is 0.00498. The molecule has 0 saturated heterocycles. The number of rotatable bonds is 11. The largest absolute Gasteiger partial charge is 0.352 e. The predicted molar refractivity (Wildman–Crippen MR) is 158 cm³/mol. The van der Waals surface area contributed by atoms with Gasteiger partial charge in [-0.3, -0.25) is 13.9 Å². The molecule has 0 heterocycles. The minimum atomic E-state index is -3.88. The smallest absolute Gasteiger partial charge is 0.244 e. The highest BCUT2D eigenvalue weighted by Crippen LogP contribution is 2.24. The first kappa shape index (κ1) is 29.7. The van der Waals surface area contributed by atoms with E-state index in [2.05, 4.69) is 21.2 Å². The van der Waals surface area contributed by atoms with Crippen molar-refractivity contribution in [2.45, 2.75) is 50.7 Å². The van der Waals surface area contributed by atoms with Crippen LogP contribution in [0.15, 0.2) is 83.3 Å². The molecule has 3 aromatic carbocycles. The lowest BCUT2D eigenvalue weighted by Crippen LogP contribution is -2.54. The Morgan fingerprint density at radius 2 is 1.68 bits per heavy atom. The van der Waals surface area contributed by atoms with Crippen LogP contribution >= 0.6 is 15.9 Å². The fourth-order valence-electron chi connectivity index (χ4n) is 4.98. The summed E-state index contributed by atoms with van der Waals surface area (Å²) in [5.41, 5.74) is 1.36. The summed E-state index contributed by atoms with van der Waals surface area (Å²) >= 11 is 3.35. The molecule has 7 nitrogen and oxygen atoms in total. The van der Waals surface area contributed by atoms with E-state index in [9.17, 15) is 22.4 Å². The van der Waals surface area contributed by atoms with Gasteiger partial charge in [0.05, 0.1) is 11.9 Å². The molecule has 0 aromatic heterocycles. The Labute approximate surface area is 243 Å². The third-order valence-corrected chi connectivity index (χ3v) is 8.68. The summed E-state index contributed by atoms with van der Waals surface area (Å²) in [6.45, 7) is -0.747. The molecule has 2 amide bonds. The average molecular weight is 631 g/mol. The molecule has 1 aliphatic rings. The summed E-state index contributed by atoms with van der Waals surface area (Å²) in [5, 5.41) is 3.09. The van der Waals surface area contributed by atoms with Gasteiger partial charge in [0.2, 0.25) is 21.8 Å². The maximum atomic E-state index is 14.8. The molecule has 0 unspecified atom stereocenters. The number of hydrogen-bond donors (Lipinski definition) is 1. The van der Waals surface area contributed by atoms with Gasteiger partial charge < -0.3 is 10.2 Å². The number of anilines is 1. The SMILES string of the molecule is CS(=O)(=O)N(CC(=O)N(Cc1ccccc1F)[C@@H](Cc1ccccc1)C(=O)NC1CCCC1)c1cccc(Br)c1. The second-order valence-corrected chi connectivity index (χ2v) is 12.9. The Bertz CT molecular complexity index is 1430. The van der Waals surface area contributed by atoms with Crippen molar-refractivity contribution in [2.75, 3.05) is 17.1 Å². The molecule has 0 bridgehead atoms. The number of nitrogens with zero attached hydrogens (tertiary/aromatic N) is 2. The van der Waals surface area contributed by atoms with Crippen molar-refractivity contribution in [2.24, 2.45) is 0 Å². The first-order valence-electron chi connectivity index (χ1n) is 13.2. The van der Waals surface area contributed by atoms with Crippen molar-refractivity contribution < 1.29 is 22.4 Å². The number of sulfonamides is 1. The van der Waals surface area contributed by atoms with E-state index in [1.54, 1.807) is 42.5 Å². The molecule has 4 rings (SSSR count). The van der Waals surface area contributed by atoms with E-state index in [1.807, 2.05) is 30.3 Å². The third kappa shape index (κ3) is 7.91. The van der Waals surface area contributed by atoms with Gasteiger partial charge in [-0.25, -0.2) is 12.8 Å². The van der Waals surface area contributed by atoms with Gasteiger partial charge in [-0.15, -0.1) is 0 Å². The molecule has 0 aliphatic heterocycles. The van der Waals surface area contributed by atoms with Crippen molar-refractivity contribution >= 4 is 43.5 Å². The zero-order valence-corrected chi connectivity index (χ0v) is 24.7. The van der Waals surface area contributed by atoms with Gasteiger partial charge in [0, 0.05) is 29.0 Å². The minimum Gasteiger partial charge on any atom is -0.352 e. The number of halogens is 2. The lowest BCUT2D eigenvalue weighted by atomic mass is 10.0. The summed E-state index contributed by atoms with van der Waals surface area (Å²) < 4.78 is 42.2. The Kier molecular flexibility index (Phi) is 9.97. The molecule has 0 radical (unpaired) electrons. The van der Waals surface area contributed by atoms with Crippen LogP contribution in [0.4, 0.5) is 10.1 Å².